The summed E-state index contributed by atoms with van der Waals surface area (Å²) < 4.78 is 55.9. The number of hydrogen-bond donors (Lipinski definition) is 1. The first-order chi connectivity index (χ1) is 20.1. The van der Waals surface area contributed by atoms with Gasteiger partial charge in [-0.3, -0.25) is 9.69 Å². The summed E-state index contributed by atoms with van der Waals surface area (Å²) in [4.78, 5) is 16.0. The fraction of sp³-hybridized carbons (Fsp3) is 0.344. The lowest BCUT2D eigenvalue weighted by Crippen LogP contribution is -2.36. The molecule has 42 heavy (non-hydrogen) atoms. The Morgan fingerprint density at radius 2 is 1.64 bits per heavy atom. The van der Waals surface area contributed by atoms with Crippen molar-refractivity contribution in [3.8, 4) is 11.1 Å². The summed E-state index contributed by atoms with van der Waals surface area (Å²) in [6.45, 7) is 3.99. The standard InChI is InChI=1S/C32H36N2O6S2/c1-3-41(36,37)30-11-6-24(7-12-30)25-8-13-31-27(20-25)21-26(16-19-42(31,38)39)32(35)33-28-9-4-23(5-10-28)22-34(2)29-14-17-40-18-15-29/h4-13,20-21,29H,3,14-19,22H2,1-2H3,(H,33,35). The van der Waals surface area contributed by atoms with Crippen molar-refractivity contribution in [2.75, 3.05) is 37.1 Å². The molecule has 0 aliphatic carbocycles. The third-order valence-corrected chi connectivity index (χ3v) is 11.5. The zero-order valence-electron chi connectivity index (χ0n) is 23.9. The topological polar surface area (TPSA) is 110 Å². The largest absolute Gasteiger partial charge is 0.381 e. The lowest BCUT2D eigenvalue weighted by Gasteiger charge is -2.31. The average molecular weight is 609 g/mol. The number of sulfone groups is 2. The molecule has 2 aliphatic heterocycles. The predicted molar refractivity (Wildman–Crippen MR) is 165 cm³/mol. The second-order valence-corrected chi connectivity index (χ2v) is 15.2. The molecule has 0 unspecified atom stereocenters. The zero-order chi connectivity index (χ0) is 29.9. The third kappa shape index (κ3) is 6.83. The predicted octanol–water partition coefficient (Wildman–Crippen LogP) is 4.96. The fourth-order valence-corrected chi connectivity index (χ4v) is 7.73. The number of rotatable bonds is 8. The van der Waals surface area contributed by atoms with Crippen molar-refractivity contribution in [1.29, 1.82) is 0 Å². The lowest BCUT2D eigenvalue weighted by atomic mass is 10.0. The normalized spacial score (nSPS) is 17.3. The lowest BCUT2D eigenvalue weighted by molar-refractivity contribution is -0.112. The van der Waals surface area contributed by atoms with Crippen molar-refractivity contribution in [1.82, 2.24) is 4.90 Å². The van der Waals surface area contributed by atoms with E-state index in [0.717, 1.165) is 49.3 Å². The van der Waals surface area contributed by atoms with E-state index in [9.17, 15) is 21.6 Å². The summed E-state index contributed by atoms with van der Waals surface area (Å²) in [5.74, 6) is -0.499. The van der Waals surface area contributed by atoms with Crippen LogP contribution in [0.25, 0.3) is 17.2 Å². The number of benzene rings is 3. The Morgan fingerprint density at radius 3 is 2.31 bits per heavy atom. The molecule has 1 saturated heterocycles. The molecule has 1 amide bonds. The van der Waals surface area contributed by atoms with Crippen LogP contribution in [-0.4, -0.2) is 65.5 Å². The first-order valence-corrected chi connectivity index (χ1v) is 17.4. The molecule has 0 spiro atoms. The second-order valence-electron chi connectivity index (χ2n) is 10.8. The molecule has 1 N–H and O–H groups in total. The number of carbonyl (C=O) groups is 1. The summed E-state index contributed by atoms with van der Waals surface area (Å²) >= 11 is 0. The monoisotopic (exact) mass is 608 g/mol. The Hall–Kier alpha value is -3.31. The molecular formula is C32H36N2O6S2. The maximum atomic E-state index is 13.3. The number of amides is 1. The number of fused-ring (bicyclic) bond motifs is 1. The Morgan fingerprint density at radius 1 is 0.976 bits per heavy atom. The quantitative estimate of drug-likeness (QED) is 0.385. The summed E-state index contributed by atoms with van der Waals surface area (Å²) in [7, 11) is -4.81. The van der Waals surface area contributed by atoms with Gasteiger partial charge in [0.1, 0.15) is 0 Å². The highest BCUT2D eigenvalue weighted by molar-refractivity contribution is 7.91. The molecule has 8 nitrogen and oxygen atoms in total. The Labute approximate surface area is 248 Å². The number of ether oxygens (including phenoxy) is 1. The minimum atomic E-state index is -3.60. The summed E-state index contributed by atoms with van der Waals surface area (Å²) in [6, 6.07) is 19.8. The highest BCUT2D eigenvalue weighted by Crippen LogP contribution is 2.32. The van der Waals surface area contributed by atoms with Crippen LogP contribution in [0, 0.1) is 0 Å². The van der Waals surface area contributed by atoms with Crippen LogP contribution in [0.5, 0.6) is 0 Å². The van der Waals surface area contributed by atoms with Gasteiger partial charge in [0.2, 0.25) is 0 Å². The summed E-state index contributed by atoms with van der Waals surface area (Å²) in [5.41, 5.74) is 4.07. The first-order valence-electron chi connectivity index (χ1n) is 14.1. The van der Waals surface area contributed by atoms with Crippen molar-refractivity contribution in [2.45, 2.75) is 48.6 Å². The van der Waals surface area contributed by atoms with Gasteiger partial charge in [0.25, 0.3) is 5.91 Å². The highest BCUT2D eigenvalue weighted by Gasteiger charge is 2.25. The van der Waals surface area contributed by atoms with E-state index in [1.165, 1.54) is 0 Å². The zero-order valence-corrected chi connectivity index (χ0v) is 25.5. The average Bonchev–Trinajstić information content (AvgIpc) is 3.13. The number of carbonyl (C=O) groups excluding carboxylic acids is 1. The number of anilines is 1. The van der Waals surface area contributed by atoms with E-state index in [4.69, 9.17) is 4.74 Å². The van der Waals surface area contributed by atoms with Gasteiger partial charge >= 0.3 is 0 Å². The van der Waals surface area contributed by atoms with Crippen LogP contribution in [0.3, 0.4) is 0 Å². The molecule has 222 valence electrons. The Bertz CT molecular complexity index is 1690. The van der Waals surface area contributed by atoms with E-state index >= 15 is 0 Å². The van der Waals surface area contributed by atoms with Gasteiger partial charge in [-0.15, -0.1) is 0 Å². The van der Waals surface area contributed by atoms with Crippen LogP contribution in [0.2, 0.25) is 0 Å². The smallest absolute Gasteiger partial charge is 0.251 e. The SMILES string of the molecule is CCS(=O)(=O)c1ccc(-c2ccc3c(c2)C=C(C(=O)Nc2ccc(CN(C)C4CCOCC4)cc2)CCS3(=O)=O)cc1. The first kappa shape index (κ1) is 30.2. The molecule has 3 aromatic rings. The van der Waals surface area contributed by atoms with Crippen molar-refractivity contribution in [3.63, 3.8) is 0 Å². The van der Waals surface area contributed by atoms with Crippen LogP contribution in [-0.2, 0) is 35.8 Å². The fourth-order valence-electron chi connectivity index (χ4n) is 5.39. The molecule has 3 aromatic carbocycles. The molecule has 0 radical (unpaired) electrons. The van der Waals surface area contributed by atoms with Crippen LogP contribution < -0.4 is 5.32 Å². The van der Waals surface area contributed by atoms with E-state index in [-0.39, 0.29) is 33.6 Å². The second kappa shape index (κ2) is 12.5. The van der Waals surface area contributed by atoms with Gasteiger partial charge in [0.05, 0.1) is 21.3 Å². The summed E-state index contributed by atoms with van der Waals surface area (Å²) in [5, 5.41) is 2.92. The van der Waals surface area contributed by atoms with Crippen molar-refractivity contribution >= 4 is 37.3 Å². The Balaban J connectivity index is 1.33. The van der Waals surface area contributed by atoms with E-state index in [1.54, 1.807) is 55.5 Å². The maximum Gasteiger partial charge on any atom is 0.251 e. The van der Waals surface area contributed by atoms with Gasteiger partial charge in [-0.25, -0.2) is 16.8 Å². The number of nitrogens with one attached hydrogen (secondary N) is 1. The highest BCUT2D eigenvalue weighted by atomic mass is 32.2. The molecule has 0 saturated carbocycles. The third-order valence-electron chi connectivity index (χ3n) is 7.99. The van der Waals surface area contributed by atoms with Gasteiger partial charge in [-0.2, -0.15) is 0 Å². The van der Waals surface area contributed by atoms with Crippen LogP contribution in [0.4, 0.5) is 5.69 Å². The molecule has 5 rings (SSSR count). The van der Waals surface area contributed by atoms with E-state index in [1.807, 2.05) is 24.3 Å². The molecule has 2 heterocycles. The minimum Gasteiger partial charge on any atom is -0.381 e. The van der Waals surface area contributed by atoms with Crippen molar-refractivity contribution < 1.29 is 26.4 Å². The molecule has 1 fully saturated rings. The molecule has 0 bridgehead atoms. The van der Waals surface area contributed by atoms with Crippen LogP contribution in [0.15, 0.2) is 82.1 Å². The minimum absolute atomic E-state index is 0.0107. The van der Waals surface area contributed by atoms with Crippen molar-refractivity contribution in [2.24, 2.45) is 0 Å². The van der Waals surface area contributed by atoms with E-state index in [0.29, 0.717) is 22.9 Å². The van der Waals surface area contributed by atoms with Gasteiger partial charge in [0.15, 0.2) is 19.7 Å². The van der Waals surface area contributed by atoms with Crippen LogP contribution in [0.1, 0.15) is 37.3 Å². The molecule has 0 aromatic heterocycles. The number of nitrogens with zero attached hydrogens (tertiary/aromatic N) is 1. The Kier molecular flexibility index (Phi) is 8.98. The maximum absolute atomic E-state index is 13.3. The van der Waals surface area contributed by atoms with Gasteiger partial charge in [-0.1, -0.05) is 37.3 Å². The van der Waals surface area contributed by atoms with E-state index in [2.05, 4.69) is 17.3 Å². The number of hydrogen-bond acceptors (Lipinski definition) is 7. The van der Waals surface area contributed by atoms with E-state index < -0.39 is 19.7 Å². The molecule has 10 heteroatoms. The van der Waals surface area contributed by atoms with Gasteiger partial charge in [-0.05, 0) is 91.0 Å². The van der Waals surface area contributed by atoms with Gasteiger partial charge < -0.3 is 10.1 Å². The van der Waals surface area contributed by atoms with Gasteiger partial charge in [0, 0.05) is 37.1 Å². The summed E-state index contributed by atoms with van der Waals surface area (Å²) in [6.07, 6.45) is 3.78. The molecule has 0 atom stereocenters. The van der Waals surface area contributed by atoms with Crippen molar-refractivity contribution in [3.05, 3.63) is 83.4 Å². The van der Waals surface area contributed by atoms with Crippen LogP contribution >= 0.6 is 0 Å². The molecule has 2 aliphatic rings. The molecular weight excluding hydrogens is 572 g/mol.